The summed E-state index contributed by atoms with van der Waals surface area (Å²) in [6.45, 7) is 1.92. The van der Waals surface area contributed by atoms with Crippen molar-refractivity contribution in [3.63, 3.8) is 0 Å². The third-order valence-corrected chi connectivity index (χ3v) is 3.71. The summed E-state index contributed by atoms with van der Waals surface area (Å²) in [6.07, 6.45) is 7.15. The van der Waals surface area contributed by atoms with Gasteiger partial charge in [0.1, 0.15) is 0 Å². The molecule has 2 unspecified atom stereocenters. The summed E-state index contributed by atoms with van der Waals surface area (Å²) in [6, 6.07) is 0. The van der Waals surface area contributed by atoms with Gasteiger partial charge in [-0.1, -0.05) is 39.0 Å². The molecule has 1 rings (SSSR count). The molecule has 0 bridgehead atoms. The van der Waals surface area contributed by atoms with Gasteiger partial charge in [-0.05, 0) is 18.8 Å². The molecule has 0 aliphatic heterocycles. The summed E-state index contributed by atoms with van der Waals surface area (Å²) in [7, 11) is 1.39. The fourth-order valence-corrected chi connectivity index (χ4v) is 2.68. The molecular formula is C13H24O3. The van der Waals surface area contributed by atoms with Gasteiger partial charge in [0.2, 0.25) is 0 Å². The normalized spacial score (nSPS) is 21.4. The average molecular weight is 228 g/mol. The molecule has 0 spiro atoms. The van der Waals surface area contributed by atoms with Crippen LogP contribution in [0.2, 0.25) is 0 Å². The molecule has 3 heteroatoms. The SMILES string of the molecule is CCC(C(=O)OC)C(O)CC1CCCCC1. The summed E-state index contributed by atoms with van der Waals surface area (Å²) >= 11 is 0. The van der Waals surface area contributed by atoms with Gasteiger partial charge in [-0.3, -0.25) is 4.79 Å². The molecule has 1 saturated carbocycles. The molecule has 1 aliphatic carbocycles. The van der Waals surface area contributed by atoms with Crippen LogP contribution in [0.15, 0.2) is 0 Å². The van der Waals surface area contributed by atoms with Gasteiger partial charge in [0.15, 0.2) is 0 Å². The molecule has 0 heterocycles. The Morgan fingerprint density at radius 2 is 2.00 bits per heavy atom. The maximum absolute atomic E-state index is 11.4. The van der Waals surface area contributed by atoms with Crippen molar-refractivity contribution in [2.45, 2.75) is 58.0 Å². The minimum absolute atomic E-state index is 0.272. The van der Waals surface area contributed by atoms with E-state index in [1.54, 1.807) is 0 Å². The van der Waals surface area contributed by atoms with E-state index in [0.29, 0.717) is 12.3 Å². The van der Waals surface area contributed by atoms with Crippen molar-refractivity contribution in [3.8, 4) is 0 Å². The molecule has 0 aromatic rings. The fourth-order valence-electron chi connectivity index (χ4n) is 2.68. The minimum Gasteiger partial charge on any atom is -0.469 e. The Bertz CT molecular complexity index is 209. The number of rotatable bonds is 5. The van der Waals surface area contributed by atoms with Crippen LogP contribution in [-0.4, -0.2) is 24.3 Å². The Labute approximate surface area is 98.2 Å². The quantitative estimate of drug-likeness (QED) is 0.735. The summed E-state index contributed by atoms with van der Waals surface area (Å²) < 4.78 is 4.71. The van der Waals surface area contributed by atoms with E-state index < -0.39 is 6.10 Å². The van der Waals surface area contributed by atoms with Crippen molar-refractivity contribution < 1.29 is 14.6 Å². The zero-order valence-electron chi connectivity index (χ0n) is 10.4. The van der Waals surface area contributed by atoms with E-state index in [2.05, 4.69) is 0 Å². The maximum Gasteiger partial charge on any atom is 0.311 e. The van der Waals surface area contributed by atoms with Crippen LogP contribution in [0.1, 0.15) is 51.9 Å². The molecule has 2 atom stereocenters. The highest BCUT2D eigenvalue weighted by molar-refractivity contribution is 5.72. The molecule has 1 fully saturated rings. The second kappa shape index (κ2) is 6.89. The Morgan fingerprint density at radius 3 is 2.50 bits per heavy atom. The van der Waals surface area contributed by atoms with E-state index in [-0.39, 0.29) is 11.9 Å². The lowest BCUT2D eigenvalue weighted by Crippen LogP contribution is -2.31. The number of hydrogen-bond acceptors (Lipinski definition) is 3. The molecule has 94 valence electrons. The van der Waals surface area contributed by atoms with Crippen molar-refractivity contribution in [1.29, 1.82) is 0 Å². The van der Waals surface area contributed by atoms with Gasteiger partial charge in [-0.25, -0.2) is 0 Å². The van der Waals surface area contributed by atoms with Gasteiger partial charge in [-0.15, -0.1) is 0 Å². The summed E-state index contributed by atoms with van der Waals surface area (Å²) in [5.74, 6) is -0.0137. The van der Waals surface area contributed by atoms with Crippen molar-refractivity contribution in [2.75, 3.05) is 7.11 Å². The smallest absolute Gasteiger partial charge is 0.311 e. The van der Waals surface area contributed by atoms with Crippen LogP contribution in [0.25, 0.3) is 0 Å². The molecule has 16 heavy (non-hydrogen) atoms. The highest BCUT2D eigenvalue weighted by Crippen LogP contribution is 2.29. The molecule has 0 aromatic carbocycles. The first-order valence-electron chi connectivity index (χ1n) is 6.45. The van der Waals surface area contributed by atoms with E-state index in [1.807, 2.05) is 6.92 Å². The van der Waals surface area contributed by atoms with Crippen molar-refractivity contribution in [3.05, 3.63) is 0 Å². The predicted molar refractivity (Wildman–Crippen MR) is 63.0 cm³/mol. The lowest BCUT2D eigenvalue weighted by atomic mass is 9.82. The lowest BCUT2D eigenvalue weighted by Gasteiger charge is -2.26. The topological polar surface area (TPSA) is 46.5 Å². The van der Waals surface area contributed by atoms with Crippen molar-refractivity contribution in [1.82, 2.24) is 0 Å². The van der Waals surface area contributed by atoms with Crippen molar-refractivity contribution >= 4 is 5.97 Å². The molecule has 1 aliphatic rings. The second-order valence-electron chi connectivity index (χ2n) is 4.84. The van der Waals surface area contributed by atoms with Gasteiger partial charge in [0.25, 0.3) is 0 Å². The summed E-state index contributed by atoms with van der Waals surface area (Å²) in [5, 5.41) is 10.1. The standard InChI is InChI=1S/C13H24O3/c1-3-11(13(15)16-2)12(14)9-10-7-5-4-6-8-10/h10-12,14H,3-9H2,1-2H3. The molecule has 0 amide bonds. The largest absolute Gasteiger partial charge is 0.469 e. The minimum atomic E-state index is -0.527. The number of ether oxygens (including phenoxy) is 1. The van der Waals surface area contributed by atoms with Crippen LogP contribution in [-0.2, 0) is 9.53 Å². The number of methoxy groups -OCH3 is 1. The fraction of sp³-hybridized carbons (Fsp3) is 0.923. The van der Waals surface area contributed by atoms with E-state index in [1.165, 1.54) is 39.2 Å². The second-order valence-corrected chi connectivity index (χ2v) is 4.84. The number of aliphatic hydroxyl groups excluding tert-OH is 1. The first-order valence-corrected chi connectivity index (χ1v) is 6.45. The Kier molecular flexibility index (Phi) is 5.81. The van der Waals surface area contributed by atoms with Gasteiger partial charge in [0, 0.05) is 0 Å². The highest BCUT2D eigenvalue weighted by Gasteiger charge is 2.28. The number of hydrogen-bond donors (Lipinski definition) is 1. The average Bonchev–Trinajstić information content (AvgIpc) is 2.31. The third-order valence-electron chi connectivity index (χ3n) is 3.71. The van der Waals surface area contributed by atoms with Crippen LogP contribution in [0.5, 0.6) is 0 Å². The van der Waals surface area contributed by atoms with Crippen LogP contribution in [0.3, 0.4) is 0 Å². The monoisotopic (exact) mass is 228 g/mol. The van der Waals surface area contributed by atoms with Gasteiger partial charge >= 0.3 is 5.97 Å². The molecule has 0 aromatic heterocycles. The van der Waals surface area contributed by atoms with Gasteiger partial charge < -0.3 is 9.84 Å². The van der Waals surface area contributed by atoms with E-state index in [9.17, 15) is 9.90 Å². The molecular weight excluding hydrogens is 204 g/mol. The lowest BCUT2D eigenvalue weighted by molar-refractivity contribution is -0.150. The van der Waals surface area contributed by atoms with Crippen LogP contribution in [0.4, 0.5) is 0 Å². The van der Waals surface area contributed by atoms with Gasteiger partial charge in [0.05, 0.1) is 19.1 Å². The first kappa shape index (κ1) is 13.5. The summed E-state index contributed by atoms with van der Waals surface area (Å²) in [5.41, 5.74) is 0. The number of esters is 1. The Balaban J connectivity index is 2.41. The Hall–Kier alpha value is -0.570. The zero-order chi connectivity index (χ0) is 12.0. The first-order chi connectivity index (χ1) is 7.69. The zero-order valence-corrected chi connectivity index (χ0v) is 10.4. The van der Waals surface area contributed by atoms with E-state index in [0.717, 1.165) is 6.42 Å². The van der Waals surface area contributed by atoms with Gasteiger partial charge in [-0.2, -0.15) is 0 Å². The predicted octanol–water partition coefficient (Wildman–Crippen LogP) is 2.52. The Morgan fingerprint density at radius 1 is 1.38 bits per heavy atom. The van der Waals surface area contributed by atoms with Crippen LogP contribution in [0, 0.1) is 11.8 Å². The van der Waals surface area contributed by atoms with E-state index >= 15 is 0 Å². The molecule has 0 radical (unpaired) electrons. The maximum atomic E-state index is 11.4. The number of carbonyl (C=O) groups is 1. The highest BCUT2D eigenvalue weighted by atomic mass is 16.5. The van der Waals surface area contributed by atoms with Crippen LogP contribution < -0.4 is 0 Å². The number of aliphatic hydroxyl groups is 1. The molecule has 0 saturated heterocycles. The molecule has 3 nitrogen and oxygen atoms in total. The molecule has 1 N–H and O–H groups in total. The van der Waals surface area contributed by atoms with E-state index in [4.69, 9.17) is 4.74 Å². The third kappa shape index (κ3) is 3.78. The number of carbonyl (C=O) groups excluding carboxylic acids is 1. The van der Waals surface area contributed by atoms with Crippen LogP contribution >= 0.6 is 0 Å². The van der Waals surface area contributed by atoms with Crippen molar-refractivity contribution in [2.24, 2.45) is 11.8 Å². The summed E-state index contributed by atoms with van der Waals surface area (Å²) in [4.78, 5) is 11.4.